The monoisotopic (exact) mass is 330 g/mol. The molecule has 0 aliphatic carbocycles. The van der Waals surface area contributed by atoms with Crippen molar-refractivity contribution < 1.29 is 4.52 Å². The Morgan fingerprint density at radius 3 is 2.58 bits per heavy atom. The van der Waals surface area contributed by atoms with Crippen LogP contribution in [0.4, 0.5) is 0 Å². The molecule has 0 spiro atoms. The van der Waals surface area contributed by atoms with Crippen molar-refractivity contribution in [2.75, 3.05) is 32.7 Å². The van der Waals surface area contributed by atoms with Gasteiger partial charge >= 0.3 is 0 Å². The summed E-state index contributed by atoms with van der Waals surface area (Å²) in [6.07, 6.45) is 2.17. The van der Waals surface area contributed by atoms with E-state index in [-0.39, 0.29) is 11.8 Å². The van der Waals surface area contributed by atoms with Crippen LogP contribution in [0.3, 0.4) is 0 Å². The number of rotatable bonds is 7. The second-order valence-electron chi connectivity index (χ2n) is 6.66. The predicted octanol–water partition coefficient (Wildman–Crippen LogP) is 2.14. The quantitative estimate of drug-likeness (QED) is 0.756. The second kappa shape index (κ2) is 9.36. The molecule has 130 valence electrons. The average Bonchev–Trinajstić information content (AvgIpc) is 2.93. The van der Waals surface area contributed by atoms with Crippen LogP contribution in [0.5, 0.6) is 0 Å². The summed E-state index contributed by atoms with van der Waals surface area (Å²) in [6, 6.07) is 4.46. The Bertz CT molecular complexity index is 585. The SMILES string of the molecule is CC(C)c1nc(CN2CCCN(C[C@H](C#N)CCC#N)CC2)no1. The minimum Gasteiger partial charge on any atom is -0.339 e. The number of aromatic nitrogens is 2. The molecule has 7 heteroatoms. The predicted molar refractivity (Wildman–Crippen MR) is 88.7 cm³/mol. The van der Waals surface area contributed by atoms with E-state index in [9.17, 15) is 5.26 Å². The molecule has 1 aromatic rings. The fourth-order valence-corrected chi connectivity index (χ4v) is 2.88. The van der Waals surface area contributed by atoms with E-state index in [0.29, 0.717) is 25.3 Å². The Morgan fingerprint density at radius 2 is 1.92 bits per heavy atom. The van der Waals surface area contributed by atoms with Crippen LogP contribution in [0.1, 0.15) is 50.7 Å². The molecule has 0 saturated carbocycles. The molecular formula is C17H26N6O. The Morgan fingerprint density at radius 1 is 1.17 bits per heavy atom. The molecule has 0 aromatic carbocycles. The topological polar surface area (TPSA) is 93.0 Å². The van der Waals surface area contributed by atoms with Crippen LogP contribution in [-0.2, 0) is 6.54 Å². The average molecular weight is 330 g/mol. The van der Waals surface area contributed by atoms with E-state index in [0.717, 1.165) is 45.0 Å². The van der Waals surface area contributed by atoms with E-state index in [4.69, 9.17) is 9.78 Å². The van der Waals surface area contributed by atoms with Crippen LogP contribution in [0.25, 0.3) is 0 Å². The lowest BCUT2D eigenvalue weighted by molar-refractivity contribution is 0.232. The molecule has 0 unspecified atom stereocenters. The second-order valence-corrected chi connectivity index (χ2v) is 6.66. The van der Waals surface area contributed by atoms with Gasteiger partial charge < -0.3 is 9.42 Å². The molecule has 1 atom stereocenters. The summed E-state index contributed by atoms with van der Waals surface area (Å²) in [7, 11) is 0. The number of nitriles is 2. The fourth-order valence-electron chi connectivity index (χ4n) is 2.88. The minimum absolute atomic E-state index is 0.0537. The molecular weight excluding hydrogens is 304 g/mol. The zero-order chi connectivity index (χ0) is 17.4. The van der Waals surface area contributed by atoms with Gasteiger partial charge in [-0.3, -0.25) is 4.90 Å². The zero-order valence-corrected chi connectivity index (χ0v) is 14.6. The summed E-state index contributed by atoms with van der Waals surface area (Å²) >= 11 is 0. The fraction of sp³-hybridized carbons (Fsp3) is 0.765. The largest absolute Gasteiger partial charge is 0.339 e. The van der Waals surface area contributed by atoms with Gasteiger partial charge in [-0.15, -0.1) is 0 Å². The summed E-state index contributed by atoms with van der Waals surface area (Å²) < 4.78 is 5.26. The Labute approximate surface area is 143 Å². The molecule has 0 bridgehead atoms. The first kappa shape index (κ1) is 18.4. The van der Waals surface area contributed by atoms with E-state index in [2.05, 4.69) is 32.1 Å². The smallest absolute Gasteiger partial charge is 0.229 e. The number of nitrogens with zero attached hydrogens (tertiary/aromatic N) is 6. The lowest BCUT2D eigenvalue weighted by Crippen LogP contribution is -2.33. The number of hydrogen-bond donors (Lipinski definition) is 0. The first-order chi connectivity index (χ1) is 11.6. The first-order valence-electron chi connectivity index (χ1n) is 8.66. The summed E-state index contributed by atoms with van der Waals surface area (Å²) in [4.78, 5) is 9.12. The van der Waals surface area contributed by atoms with Gasteiger partial charge in [-0.25, -0.2) is 0 Å². The molecule has 2 rings (SSSR count). The molecule has 1 fully saturated rings. The zero-order valence-electron chi connectivity index (χ0n) is 14.6. The Balaban J connectivity index is 1.81. The van der Waals surface area contributed by atoms with E-state index in [1.54, 1.807) is 0 Å². The normalized spacial score (nSPS) is 18.0. The van der Waals surface area contributed by atoms with Crippen molar-refractivity contribution in [1.29, 1.82) is 10.5 Å². The van der Waals surface area contributed by atoms with Gasteiger partial charge in [0.15, 0.2) is 5.82 Å². The summed E-state index contributed by atoms with van der Waals surface area (Å²) in [5.74, 6) is 1.64. The third-order valence-electron chi connectivity index (χ3n) is 4.29. The minimum atomic E-state index is -0.0537. The molecule has 2 heterocycles. The lowest BCUT2D eigenvalue weighted by Gasteiger charge is -2.22. The maximum absolute atomic E-state index is 9.22. The lowest BCUT2D eigenvalue weighted by atomic mass is 10.0. The van der Waals surface area contributed by atoms with Crippen LogP contribution in [0.15, 0.2) is 4.52 Å². The van der Waals surface area contributed by atoms with Crippen molar-refractivity contribution in [3.05, 3.63) is 11.7 Å². The van der Waals surface area contributed by atoms with Gasteiger partial charge in [0.05, 0.1) is 24.6 Å². The van der Waals surface area contributed by atoms with Crippen LogP contribution in [0, 0.1) is 28.6 Å². The third kappa shape index (κ3) is 5.59. The molecule has 1 aliphatic heterocycles. The molecule has 7 nitrogen and oxygen atoms in total. The highest BCUT2D eigenvalue weighted by atomic mass is 16.5. The van der Waals surface area contributed by atoms with Crippen LogP contribution in [0.2, 0.25) is 0 Å². The molecule has 1 saturated heterocycles. The standard InChI is InChI=1S/C17H26N6O/c1-14(2)17-20-16(21-24-17)13-23-8-4-7-22(9-10-23)12-15(11-19)5-3-6-18/h14-15H,3-5,7-10,12-13H2,1-2H3/t15-/m0/s1. The van der Waals surface area contributed by atoms with E-state index < -0.39 is 0 Å². The highest BCUT2D eigenvalue weighted by Crippen LogP contribution is 2.14. The maximum Gasteiger partial charge on any atom is 0.229 e. The third-order valence-corrected chi connectivity index (χ3v) is 4.29. The van der Waals surface area contributed by atoms with Crippen molar-refractivity contribution >= 4 is 0 Å². The molecule has 0 N–H and O–H groups in total. The van der Waals surface area contributed by atoms with Crippen molar-refractivity contribution in [2.45, 2.75) is 45.6 Å². The van der Waals surface area contributed by atoms with Gasteiger partial charge in [0, 0.05) is 32.0 Å². The van der Waals surface area contributed by atoms with E-state index in [1.165, 1.54) is 0 Å². The van der Waals surface area contributed by atoms with Gasteiger partial charge in [-0.2, -0.15) is 15.5 Å². The summed E-state index contributed by atoms with van der Waals surface area (Å²) in [5, 5.41) is 22.0. The van der Waals surface area contributed by atoms with Gasteiger partial charge in [0.25, 0.3) is 0 Å². The molecule has 24 heavy (non-hydrogen) atoms. The van der Waals surface area contributed by atoms with Gasteiger partial charge in [-0.05, 0) is 25.9 Å². The summed E-state index contributed by atoms with van der Waals surface area (Å²) in [5.41, 5.74) is 0. The van der Waals surface area contributed by atoms with E-state index in [1.807, 2.05) is 13.8 Å². The van der Waals surface area contributed by atoms with Crippen LogP contribution >= 0.6 is 0 Å². The molecule has 0 amide bonds. The highest BCUT2D eigenvalue weighted by molar-refractivity contribution is 4.92. The first-order valence-corrected chi connectivity index (χ1v) is 8.66. The Kier molecular flexibility index (Phi) is 7.17. The van der Waals surface area contributed by atoms with Gasteiger partial charge in [0.2, 0.25) is 5.89 Å². The highest BCUT2D eigenvalue weighted by Gasteiger charge is 2.20. The number of hydrogen-bond acceptors (Lipinski definition) is 7. The summed E-state index contributed by atoms with van der Waals surface area (Å²) in [6.45, 7) is 9.40. The molecule has 1 aromatic heterocycles. The van der Waals surface area contributed by atoms with E-state index >= 15 is 0 Å². The van der Waals surface area contributed by atoms with Gasteiger partial charge in [0.1, 0.15) is 0 Å². The van der Waals surface area contributed by atoms with Crippen molar-refractivity contribution in [3.63, 3.8) is 0 Å². The Hall–Kier alpha value is -1.96. The molecule has 0 radical (unpaired) electrons. The van der Waals surface area contributed by atoms with Gasteiger partial charge in [-0.1, -0.05) is 19.0 Å². The maximum atomic E-state index is 9.22. The van der Waals surface area contributed by atoms with Crippen molar-refractivity contribution in [2.24, 2.45) is 5.92 Å². The van der Waals surface area contributed by atoms with Crippen LogP contribution < -0.4 is 0 Å². The van der Waals surface area contributed by atoms with Crippen molar-refractivity contribution in [1.82, 2.24) is 19.9 Å². The molecule has 1 aliphatic rings. The van der Waals surface area contributed by atoms with Crippen molar-refractivity contribution in [3.8, 4) is 12.1 Å². The van der Waals surface area contributed by atoms with Crippen LogP contribution in [-0.4, -0.2) is 52.7 Å².